The van der Waals surface area contributed by atoms with Gasteiger partial charge in [-0.05, 0) is 25.3 Å². The molecule has 2 fully saturated rings. The van der Waals surface area contributed by atoms with Crippen molar-refractivity contribution in [2.45, 2.75) is 43.8 Å². The molecule has 1 saturated heterocycles. The molecule has 2 N–H and O–H groups in total. The van der Waals surface area contributed by atoms with Gasteiger partial charge in [0.2, 0.25) is 5.91 Å². The zero-order valence-electron chi connectivity index (χ0n) is 10.5. The van der Waals surface area contributed by atoms with E-state index in [1.165, 1.54) is 6.07 Å². The lowest BCUT2D eigenvalue weighted by Gasteiger charge is -2.40. The number of amides is 1. The normalized spacial score (nSPS) is 27.7. The van der Waals surface area contributed by atoms with Gasteiger partial charge in [-0.3, -0.25) is 4.79 Å². The Morgan fingerprint density at radius 1 is 1.32 bits per heavy atom. The summed E-state index contributed by atoms with van der Waals surface area (Å²) in [5, 5.41) is 0.0819. The number of carbonyl (C=O) groups is 1. The summed E-state index contributed by atoms with van der Waals surface area (Å²) in [4.78, 5) is 13.9. The Hall–Kier alpha value is -1.13. The summed E-state index contributed by atoms with van der Waals surface area (Å²) in [7, 11) is 0. The minimum Gasteiger partial charge on any atom is -0.331 e. The molecule has 3 rings (SSSR count). The van der Waals surface area contributed by atoms with Crippen LogP contribution in [0.4, 0.5) is 4.39 Å². The molecule has 2 atom stereocenters. The van der Waals surface area contributed by atoms with Crippen molar-refractivity contribution in [1.82, 2.24) is 4.90 Å². The zero-order chi connectivity index (χ0) is 13.6. The molecule has 1 aromatic rings. The third kappa shape index (κ3) is 2.23. The predicted molar refractivity (Wildman–Crippen MR) is 71.2 cm³/mol. The molecule has 3 nitrogen and oxygen atoms in total. The Bertz CT molecular complexity index is 518. The Kier molecular flexibility index (Phi) is 3.23. The van der Waals surface area contributed by atoms with Crippen LogP contribution in [-0.4, -0.2) is 22.9 Å². The second-order valence-corrected chi connectivity index (χ2v) is 5.73. The molecule has 1 saturated carbocycles. The molecule has 0 radical (unpaired) electrons. The van der Waals surface area contributed by atoms with Crippen LogP contribution in [0.2, 0.25) is 5.02 Å². The Morgan fingerprint density at radius 3 is 2.74 bits per heavy atom. The van der Waals surface area contributed by atoms with Crippen molar-refractivity contribution in [3.05, 3.63) is 34.6 Å². The number of halogens is 2. The topological polar surface area (TPSA) is 46.3 Å². The fourth-order valence-corrected chi connectivity index (χ4v) is 3.03. The molecule has 1 heterocycles. The second kappa shape index (κ2) is 4.76. The molecule has 0 aromatic heterocycles. The Balaban J connectivity index is 2.03. The Labute approximate surface area is 116 Å². The Morgan fingerprint density at radius 2 is 2.05 bits per heavy atom. The number of piperidine rings is 1. The van der Waals surface area contributed by atoms with Crippen molar-refractivity contribution >= 4 is 17.5 Å². The monoisotopic (exact) mass is 282 g/mol. The molecule has 0 bridgehead atoms. The number of rotatable bonds is 2. The first-order valence-electron chi connectivity index (χ1n) is 6.60. The summed E-state index contributed by atoms with van der Waals surface area (Å²) in [5.41, 5.74) is 6.59. The number of carbonyl (C=O) groups excluding carboxylic acids is 1. The summed E-state index contributed by atoms with van der Waals surface area (Å²) in [6.07, 6.45) is 3.02. The van der Waals surface area contributed by atoms with Crippen LogP contribution in [0.3, 0.4) is 0 Å². The summed E-state index contributed by atoms with van der Waals surface area (Å²) in [5.74, 6) is -0.376. The maximum Gasteiger partial charge on any atom is 0.223 e. The minimum absolute atomic E-state index is 0.0774. The SMILES string of the molecule is NC1CCC(=O)N(C2CC2)C1c1cccc(Cl)c1F. The van der Waals surface area contributed by atoms with E-state index in [-0.39, 0.29) is 29.1 Å². The molecule has 1 amide bonds. The van der Waals surface area contributed by atoms with Crippen LogP contribution in [0.1, 0.15) is 37.3 Å². The summed E-state index contributed by atoms with van der Waals surface area (Å²) >= 11 is 5.84. The van der Waals surface area contributed by atoms with E-state index in [2.05, 4.69) is 0 Å². The molecule has 1 aliphatic carbocycles. The van der Waals surface area contributed by atoms with Crippen LogP contribution >= 0.6 is 11.6 Å². The fraction of sp³-hybridized carbons (Fsp3) is 0.500. The van der Waals surface area contributed by atoms with Crippen LogP contribution in [0, 0.1) is 5.82 Å². The fourth-order valence-electron chi connectivity index (χ4n) is 2.85. The molecule has 1 aromatic carbocycles. The van der Waals surface area contributed by atoms with Crippen LogP contribution in [0.5, 0.6) is 0 Å². The summed E-state index contributed by atoms with van der Waals surface area (Å²) < 4.78 is 14.2. The van der Waals surface area contributed by atoms with E-state index in [0.29, 0.717) is 18.4 Å². The lowest BCUT2D eigenvalue weighted by molar-refractivity contribution is -0.138. The van der Waals surface area contributed by atoms with E-state index in [4.69, 9.17) is 17.3 Å². The van der Waals surface area contributed by atoms with Crippen molar-refractivity contribution in [3.63, 3.8) is 0 Å². The smallest absolute Gasteiger partial charge is 0.223 e. The second-order valence-electron chi connectivity index (χ2n) is 5.32. The lowest BCUT2D eigenvalue weighted by Crippen LogP contribution is -2.50. The zero-order valence-corrected chi connectivity index (χ0v) is 11.2. The molecule has 102 valence electrons. The number of hydrogen-bond donors (Lipinski definition) is 1. The van der Waals surface area contributed by atoms with Crippen molar-refractivity contribution in [2.75, 3.05) is 0 Å². The van der Waals surface area contributed by atoms with Gasteiger partial charge >= 0.3 is 0 Å². The molecule has 2 aliphatic rings. The van der Waals surface area contributed by atoms with E-state index >= 15 is 0 Å². The van der Waals surface area contributed by atoms with Crippen LogP contribution in [-0.2, 0) is 4.79 Å². The maximum atomic E-state index is 14.2. The van der Waals surface area contributed by atoms with Crippen molar-refractivity contribution in [2.24, 2.45) is 5.73 Å². The van der Waals surface area contributed by atoms with Gasteiger partial charge in [-0.2, -0.15) is 0 Å². The largest absolute Gasteiger partial charge is 0.331 e. The highest BCUT2D eigenvalue weighted by Crippen LogP contribution is 2.41. The molecular formula is C14H16ClFN2O. The van der Waals surface area contributed by atoms with Gasteiger partial charge in [0.25, 0.3) is 0 Å². The average molecular weight is 283 g/mol. The average Bonchev–Trinajstić information content (AvgIpc) is 3.20. The standard InChI is InChI=1S/C14H16ClFN2O/c15-10-3-1-2-9(13(10)16)14-11(17)6-7-12(19)18(14)8-4-5-8/h1-3,8,11,14H,4-7,17H2. The van der Waals surface area contributed by atoms with Crippen molar-refractivity contribution in [3.8, 4) is 0 Å². The molecular weight excluding hydrogens is 267 g/mol. The molecule has 2 unspecified atom stereocenters. The lowest BCUT2D eigenvalue weighted by atomic mass is 9.90. The van der Waals surface area contributed by atoms with E-state index in [0.717, 1.165) is 12.8 Å². The first-order chi connectivity index (χ1) is 9.09. The van der Waals surface area contributed by atoms with Crippen LogP contribution in [0.25, 0.3) is 0 Å². The van der Waals surface area contributed by atoms with Gasteiger partial charge in [0.1, 0.15) is 5.82 Å². The molecule has 5 heteroatoms. The van der Waals surface area contributed by atoms with Crippen LogP contribution < -0.4 is 5.73 Å². The summed E-state index contributed by atoms with van der Waals surface area (Å²) in [6.45, 7) is 0. The highest BCUT2D eigenvalue weighted by atomic mass is 35.5. The first-order valence-corrected chi connectivity index (χ1v) is 6.98. The number of nitrogens with two attached hydrogens (primary N) is 1. The van der Waals surface area contributed by atoms with Gasteiger partial charge in [0.15, 0.2) is 0 Å². The third-order valence-corrected chi connectivity index (χ3v) is 4.22. The van der Waals surface area contributed by atoms with E-state index in [9.17, 15) is 9.18 Å². The molecule has 1 aliphatic heterocycles. The van der Waals surface area contributed by atoms with Crippen molar-refractivity contribution < 1.29 is 9.18 Å². The van der Waals surface area contributed by atoms with E-state index in [1.807, 2.05) is 0 Å². The van der Waals surface area contributed by atoms with Gasteiger partial charge in [-0.25, -0.2) is 4.39 Å². The van der Waals surface area contributed by atoms with Gasteiger partial charge in [-0.1, -0.05) is 23.7 Å². The summed E-state index contributed by atoms with van der Waals surface area (Å²) in [6, 6.07) is 4.51. The van der Waals surface area contributed by atoms with Crippen LogP contribution in [0.15, 0.2) is 18.2 Å². The highest BCUT2D eigenvalue weighted by Gasteiger charge is 2.43. The molecule has 19 heavy (non-hydrogen) atoms. The third-order valence-electron chi connectivity index (χ3n) is 3.93. The van der Waals surface area contributed by atoms with Gasteiger partial charge in [-0.15, -0.1) is 0 Å². The van der Waals surface area contributed by atoms with Gasteiger partial charge in [0.05, 0.1) is 11.1 Å². The quantitative estimate of drug-likeness (QED) is 0.906. The van der Waals surface area contributed by atoms with Crippen molar-refractivity contribution in [1.29, 1.82) is 0 Å². The van der Waals surface area contributed by atoms with Gasteiger partial charge < -0.3 is 10.6 Å². The minimum atomic E-state index is -0.454. The number of benzene rings is 1. The molecule has 0 spiro atoms. The highest BCUT2D eigenvalue weighted by molar-refractivity contribution is 6.30. The van der Waals surface area contributed by atoms with E-state index in [1.54, 1.807) is 17.0 Å². The predicted octanol–water partition coefficient (Wildman–Crippen LogP) is 2.63. The number of hydrogen-bond acceptors (Lipinski definition) is 2. The number of nitrogens with zero attached hydrogens (tertiary/aromatic N) is 1. The first kappa shape index (κ1) is 12.9. The maximum absolute atomic E-state index is 14.2. The van der Waals surface area contributed by atoms with Gasteiger partial charge in [0, 0.05) is 24.1 Å². The number of likely N-dealkylation sites (tertiary alicyclic amines) is 1. The van der Waals surface area contributed by atoms with E-state index < -0.39 is 5.82 Å².